The van der Waals surface area contributed by atoms with Crippen LogP contribution in [-0.2, 0) is 95.9 Å². The number of aryl methyl sites for hydroxylation is 9. The molecule has 3 heterocycles. The van der Waals surface area contributed by atoms with Gasteiger partial charge in [0, 0.05) is 19.5 Å². The van der Waals surface area contributed by atoms with Gasteiger partial charge in [0.2, 0.25) is 0 Å². The van der Waals surface area contributed by atoms with Gasteiger partial charge in [0.15, 0.2) is 0 Å². The first-order valence-corrected chi connectivity index (χ1v) is 38.0. The summed E-state index contributed by atoms with van der Waals surface area (Å²) in [6.07, 6.45) is 11.0. The van der Waals surface area contributed by atoms with Crippen LogP contribution < -0.4 is 33.7 Å². The lowest BCUT2D eigenvalue weighted by atomic mass is 9.96. The lowest BCUT2D eigenvalue weighted by Gasteiger charge is -2.21. The maximum absolute atomic E-state index is 12.0. The number of cyclic esters (lactones) is 2. The number of nitrogens with one attached hydrogen (secondary N) is 1. The highest BCUT2D eigenvalue weighted by atomic mass is 35.5. The summed E-state index contributed by atoms with van der Waals surface area (Å²) in [5.74, 6) is 3.84. The second kappa shape index (κ2) is 53.4. The number of phenolic OH excluding ortho intramolecular Hbond substituents is 1. The van der Waals surface area contributed by atoms with Gasteiger partial charge in [-0.25, -0.2) is 0 Å². The van der Waals surface area contributed by atoms with Crippen LogP contribution in [-0.4, -0.2) is 190 Å². The summed E-state index contributed by atoms with van der Waals surface area (Å²) in [5, 5.41) is 31.2. The molecule has 20 nitrogen and oxygen atoms in total. The summed E-state index contributed by atoms with van der Waals surface area (Å²) in [6, 6.07) is 64.6. The number of aromatic hydroxyl groups is 1. The molecule has 0 aromatic heterocycles. The molecule has 8 aromatic carbocycles. The third-order valence-electron chi connectivity index (χ3n) is 17.3. The average Bonchev–Trinajstić information content (AvgIpc) is 0.943. The standard InChI is InChI=1S/C25H33NO6.C21H29NO3.C19H22O2.C15H16O2.C4H4O3.C3H5ClO.C2H7N/c1-26(2)16-15-22(32-25(29)14-13-24(27)28)18-31-23-10-5-4-8-20(23)12-11-19-7-6-9-21(17-19)30-3;1-22(2)14-13-19(23)16-25-21-10-5-4-8-18(21)12-11-17-7-6-9-20(15-17)24-3;1-20-18-8-4-5-15(13-18)9-10-16-6-2-3-7-17(16)11-12-19-14-21-19;1-17-14-7-4-5-12(11-14)9-10-13-6-2-3-8-15(13)16;5-3-1-2-4(6)7-3;4-1-3-2-5-3;1-3-2/h4-10,17,22H,11-16,18H2,1-3H3,(H,27,28);4-10,15,19,23H,11-14,16H2,1-3H3;2-8,13,19H,9-12,14H2,1H3;2-8,11,16H,9-10H2,1H3;1-2H2;3H,1-2H2;3H,1-2H3. The van der Waals surface area contributed by atoms with Crippen molar-refractivity contribution < 1.29 is 81.9 Å². The van der Waals surface area contributed by atoms with Crippen LogP contribution in [0.25, 0.3) is 0 Å². The SMILES string of the molecule is CNC.COc1cccc(CCc2ccccc2CCC2CO2)c1.COc1cccc(CCc2ccccc2O)c1.COc1cccc(CCc2ccccc2OCC(CCN(C)C)OC(=O)CCC(=O)O)c1.COc1cccc(CCc2ccccc2OCC(O)CCN(C)C)c1.ClCC1CO1.O=C1CCC(=O)O1. The van der Waals surface area contributed by atoms with Gasteiger partial charge in [-0.05, 0) is 230 Å². The van der Waals surface area contributed by atoms with E-state index in [0.29, 0.717) is 43.3 Å². The number of benzene rings is 8. The molecule has 0 aliphatic carbocycles. The molecule has 110 heavy (non-hydrogen) atoms. The van der Waals surface area contributed by atoms with Crippen molar-refractivity contribution in [1.82, 2.24) is 15.1 Å². The maximum atomic E-state index is 12.0. The Kier molecular flexibility index (Phi) is 44.2. The number of hydrogen-bond acceptors (Lipinski definition) is 19. The topological polar surface area (TPSA) is 246 Å². The molecule has 0 bridgehead atoms. The third-order valence-corrected chi connectivity index (χ3v) is 17.6. The molecule has 3 aliphatic heterocycles. The number of hydrogen-bond donors (Lipinski definition) is 4. The van der Waals surface area contributed by atoms with Gasteiger partial charge in [-0.2, -0.15) is 0 Å². The van der Waals surface area contributed by atoms with Gasteiger partial charge in [-0.1, -0.05) is 127 Å². The van der Waals surface area contributed by atoms with Crippen LogP contribution in [0.15, 0.2) is 194 Å². The second-order valence-corrected chi connectivity index (χ2v) is 27.2. The fraction of sp³-hybridized carbons (Fsp3) is 0.416. The van der Waals surface area contributed by atoms with Gasteiger partial charge in [-0.3, -0.25) is 19.2 Å². The smallest absolute Gasteiger partial charge is 0.314 e. The highest BCUT2D eigenvalue weighted by molar-refractivity contribution is 6.18. The van der Waals surface area contributed by atoms with E-state index in [-0.39, 0.29) is 32.3 Å². The van der Waals surface area contributed by atoms with Gasteiger partial charge >= 0.3 is 23.9 Å². The summed E-state index contributed by atoms with van der Waals surface area (Å²) in [4.78, 5) is 46.8. The van der Waals surface area contributed by atoms with Crippen LogP contribution in [0, 0.1) is 0 Å². The lowest BCUT2D eigenvalue weighted by Crippen LogP contribution is -2.29. The summed E-state index contributed by atoms with van der Waals surface area (Å²) >= 11 is 5.27. The summed E-state index contributed by atoms with van der Waals surface area (Å²) < 4.78 is 52.6. The van der Waals surface area contributed by atoms with Crippen molar-refractivity contribution in [2.24, 2.45) is 0 Å². The number of rotatable bonds is 36. The first kappa shape index (κ1) is 91.1. The molecule has 4 atom stereocenters. The second-order valence-electron chi connectivity index (χ2n) is 26.9. The third kappa shape index (κ3) is 39.7. The van der Waals surface area contributed by atoms with Gasteiger partial charge in [0.1, 0.15) is 59.6 Å². The summed E-state index contributed by atoms with van der Waals surface area (Å²) in [7, 11) is 18.4. The van der Waals surface area contributed by atoms with Crippen molar-refractivity contribution in [3.63, 3.8) is 0 Å². The minimum Gasteiger partial charge on any atom is -0.508 e. The fourth-order valence-corrected chi connectivity index (χ4v) is 11.1. The van der Waals surface area contributed by atoms with E-state index in [1.54, 1.807) is 34.5 Å². The Hall–Kier alpha value is -9.51. The molecular weight excluding hydrogens is 1420 g/mol. The molecule has 3 fully saturated rings. The molecule has 3 saturated heterocycles. The zero-order valence-corrected chi connectivity index (χ0v) is 66.6. The number of carboxylic acids is 1. The van der Waals surface area contributed by atoms with Crippen LogP contribution in [0.2, 0.25) is 0 Å². The number of carbonyl (C=O) groups is 4. The number of alkyl halides is 1. The maximum Gasteiger partial charge on any atom is 0.314 e. The zero-order valence-electron chi connectivity index (χ0n) is 65.9. The highest BCUT2D eigenvalue weighted by Gasteiger charge is 2.23. The lowest BCUT2D eigenvalue weighted by molar-refractivity contribution is -0.154. The Morgan fingerprint density at radius 3 is 1.24 bits per heavy atom. The molecule has 21 heteroatoms. The first-order valence-electron chi connectivity index (χ1n) is 37.5. The monoisotopic (exact) mass is 1530 g/mol. The van der Waals surface area contributed by atoms with Crippen LogP contribution in [0.4, 0.5) is 0 Å². The Labute approximate surface area is 656 Å². The number of methoxy groups -OCH3 is 4. The zero-order chi connectivity index (χ0) is 79.7. The van der Waals surface area contributed by atoms with Crippen molar-refractivity contribution >= 4 is 35.5 Å². The molecule has 3 aliphatic rings. The fourth-order valence-electron chi connectivity index (χ4n) is 10.9. The predicted molar refractivity (Wildman–Crippen MR) is 433 cm³/mol. The van der Waals surface area contributed by atoms with E-state index < -0.39 is 36.1 Å². The Morgan fingerprint density at radius 1 is 0.491 bits per heavy atom. The van der Waals surface area contributed by atoms with E-state index in [1.165, 1.54) is 33.4 Å². The van der Waals surface area contributed by atoms with Gasteiger partial charge in [-0.15, -0.1) is 11.6 Å². The molecule has 0 amide bonds. The molecule has 4 unspecified atom stereocenters. The Morgan fingerprint density at radius 2 is 0.864 bits per heavy atom. The number of ether oxygens (including phenoxy) is 10. The molecule has 0 radical (unpaired) electrons. The molecule has 11 rings (SSSR count). The van der Waals surface area contributed by atoms with Gasteiger partial charge < -0.3 is 77.8 Å². The number of epoxide rings is 2. The average molecular weight is 1540 g/mol. The van der Waals surface area contributed by atoms with Crippen molar-refractivity contribution in [3.8, 4) is 40.2 Å². The molecule has 0 saturated carbocycles. The normalized spacial score (nSPS) is 13.9. The van der Waals surface area contributed by atoms with E-state index in [4.69, 9.17) is 59.3 Å². The van der Waals surface area contributed by atoms with Gasteiger partial charge in [0.25, 0.3) is 0 Å². The quantitative estimate of drug-likeness (QED) is 0.0123. The van der Waals surface area contributed by atoms with Crippen LogP contribution in [0.1, 0.15) is 95.0 Å². The summed E-state index contributed by atoms with van der Waals surface area (Å²) in [6.45, 7) is 3.93. The van der Waals surface area contributed by atoms with E-state index in [1.807, 2.05) is 162 Å². The van der Waals surface area contributed by atoms with Crippen molar-refractivity contribution in [2.75, 3.05) is 116 Å². The first-order chi connectivity index (χ1) is 53.2. The minimum atomic E-state index is -1.02. The number of nitrogens with zero attached hydrogens (tertiary/aromatic N) is 2. The Bertz CT molecular complexity index is 3910. The molecule has 8 aromatic rings. The van der Waals surface area contributed by atoms with Crippen LogP contribution in [0.5, 0.6) is 40.2 Å². The van der Waals surface area contributed by atoms with E-state index >= 15 is 0 Å². The number of para-hydroxylation sites is 3. The van der Waals surface area contributed by atoms with Crippen molar-refractivity contribution in [2.45, 2.75) is 127 Å². The number of carbonyl (C=O) groups excluding carboxylic acids is 3. The van der Waals surface area contributed by atoms with Crippen molar-refractivity contribution in [1.29, 1.82) is 0 Å². The van der Waals surface area contributed by atoms with Crippen molar-refractivity contribution in [3.05, 3.63) is 244 Å². The molecular formula is C89H116ClN3O17. The van der Waals surface area contributed by atoms with Crippen LogP contribution in [0.3, 0.4) is 0 Å². The molecule has 4 N–H and O–H groups in total. The Balaban J connectivity index is 0.000000250. The number of aliphatic carboxylic acids is 1. The number of aliphatic hydroxyl groups is 1. The van der Waals surface area contributed by atoms with Gasteiger partial charge in [0.05, 0.1) is 91.5 Å². The number of phenols is 1. The van der Waals surface area contributed by atoms with Crippen LogP contribution >= 0.6 is 11.6 Å². The minimum absolute atomic E-state index is 0.148. The number of carboxylic acid groups (broad SMARTS) is 1. The predicted octanol–water partition coefficient (Wildman–Crippen LogP) is 14.1. The van der Waals surface area contributed by atoms with E-state index in [9.17, 15) is 29.4 Å². The highest BCUT2D eigenvalue weighted by Crippen LogP contribution is 2.27. The number of halogens is 1. The largest absolute Gasteiger partial charge is 0.508 e. The molecule has 596 valence electrons. The number of esters is 3. The number of aliphatic hydroxyl groups excluding tert-OH is 1. The van der Waals surface area contributed by atoms with E-state index in [0.717, 1.165) is 142 Å². The summed E-state index contributed by atoms with van der Waals surface area (Å²) in [5.41, 5.74) is 11.1. The van der Waals surface area contributed by atoms with E-state index in [2.05, 4.69) is 87.7 Å². The molecule has 0 spiro atoms.